The minimum absolute atomic E-state index is 0.179. The van der Waals surface area contributed by atoms with Crippen LogP contribution < -0.4 is 11.1 Å². The molecular weight excluding hydrogens is 657 g/mol. The van der Waals surface area contributed by atoms with Crippen molar-refractivity contribution >= 4 is 27.8 Å². The molecule has 1 aliphatic heterocycles. The Morgan fingerprint density at radius 2 is 1.46 bits per heavy atom. The Labute approximate surface area is 327 Å². The zero-order valence-electron chi connectivity index (χ0n) is 37.2. The van der Waals surface area contributed by atoms with E-state index < -0.39 is 0 Å². The van der Waals surface area contributed by atoms with Crippen LogP contribution in [0.5, 0.6) is 0 Å². The summed E-state index contributed by atoms with van der Waals surface area (Å²) in [5.41, 5.74) is 12.6. The summed E-state index contributed by atoms with van der Waals surface area (Å²) in [4.78, 5) is 18.7. The van der Waals surface area contributed by atoms with Crippen LogP contribution >= 0.6 is 11.3 Å². The summed E-state index contributed by atoms with van der Waals surface area (Å²) in [5.74, 6) is 2.30. The molecular formula is C46H84N4OS. The summed E-state index contributed by atoms with van der Waals surface area (Å²) in [6.07, 6.45) is 11.0. The number of rotatable bonds is 10. The number of Topliss-reactive ketones (excluding diaryl/α,β-unsaturated/α-hetero) is 1. The van der Waals surface area contributed by atoms with E-state index in [1.807, 2.05) is 60.7 Å². The van der Waals surface area contributed by atoms with Gasteiger partial charge in [-0.05, 0) is 136 Å². The quantitative estimate of drug-likeness (QED) is 0.238. The zero-order chi connectivity index (χ0) is 40.6. The van der Waals surface area contributed by atoms with Crippen LogP contribution in [-0.2, 0) is 10.2 Å². The maximum Gasteiger partial charge on any atom is 0.174 e. The Balaban J connectivity index is 0. The highest BCUT2D eigenvalue weighted by Crippen LogP contribution is 2.40. The van der Waals surface area contributed by atoms with Crippen LogP contribution in [0.3, 0.4) is 0 Å². The van der Waals surface area contributed by atoms with Crippen LogP contribution in [-0.4, -0.2) is 56.4 Å². The fourth-order valence-corrected chi connectivity index (χ4v) is 7.30. The Kier molecular flexibility index (Phi) is 27.9. The minimum Gasteiger partial charge on any atom is -0.402 e. The van der Waals surface area contributed by atoms with E-state index in [0.717, 1.165) is 57.2 Å². The first-order chi connectivity index (χ1) is 24.5. The number of nitrogens with zero attached hydrogens (tertiary/aromatic N) is 2. The van der Waals surface area contributed by atoms with Crippen LogP contribution in [0, 0.1) is 32.6 Å². The SMILES string of the molecule is C=C(N)C(C)(C)c1cc(C)c(N/C(=C(\C)C(=O)CN2CCCC2)c2cc(C)cc(C)c2)s1.CC.CC.CCC.CCCC1CCC(C)C1.CN(C)C. The van der Waals surface area contributed by atoms with Crippen molar-refractivity contribution in [2.24, 2.45) is 17.6 Å². The molecule has 1 aliphatic carbocycles. The van der Waals surface area contributed by atoms with Crippen molar-refractivity contribution in [1.29, 1.82) is 0 Å². The summed E-state index contributed by atoms with van der Waals surface area (Å²) >= 11 is 1.68. The number of allylic oxidation sites excluding steroid dienone is 1. The van der Waals surface area contributed by atoms with Crippen LogP contribution in [0.25, 0.3) is 5.70 Å². The average Bonchev–Trinajstić information content (AvgIpc) is 3.83. The molecule has 6 heteroatoms. The molecule has 0 radical (unpaired) electrons. The zero-order valence-corrected chi connectivity index (χ0v) is 38.1. The molecule has 0 amide bonds. The second-order valence-corrected chi connectivity index (χ2v) is 16.4. The average molecular weight is 741 g/mol. The first-order valence-electron chi connectivity index (χ1n) is 20.4. The van der Waals surface area contributed by atoms with Gasteiger partial charge in [-0.25, -0.2) is 0 Å². The van der Waals surface area contributed by atoms with Crippen molar-refractivity contribution in [2.75, 3.05) is 46.1 Å². The number of nitrogens with one attached hydrogen (secondary N) is 1. The fourth-order valence-electron chi connectivity index (χ4n) is 6.08. The summed E-state index contributed by atoms with van der Waals surface area (Å²) in [6.45, 7) is 35.8. The van der Waals surface area contributed by atoms with Crippen LogP contribution in [0.4, 0.5) is 5.00 Å². The van der Waals surface area contributed by atoms with E-state index in [-0.39, 0.29) is 11.2 Å². The molecule has 2 aliphatic rings. The summed E-state index contributed by atoms with van der Waals surface area (Å²) < 4.78 is 0. The number of aryl methyl sites for hydroxylation is 3. The Morgan fingerprint density at radius 3 is 1.88 bits per heavy atom. The van der Waals surface area contributed by atoms with Gasteiger partial charge in [-0.3, -0.25) is 9.69 Å². The molecule has 1 saturated heterocycles. The van der Waals surface area contributed by atoms with Crippen LogP contribution in [0.15, 0.2) is 42.1 Å². The number of thiophene rings is 1. The number of benzene rings is 1. The predicted octanol–water partition coefficient (Wildman–Crippen LogP) is 12.8. The van der Waals surface area contributed by atoms with Crippen LogP contribution in [0.2, 0.25) is 0 Å². The maximum absolute atomic E-state index is 13.2. The Morgan fingerprint density at radius 1 is 0.962 bits per heavy atom. The number of hydrogen-bond acceptors (Lipinski definition) is 6. The van der Waals surface area contributed by atoms with Gasteiger partial charge in [-0.1, -0.05) is 111 Å². The van der Waals surface area contributed by atoms with Gasteiger partial charge in [-0.15, -0.1) is 11.3 Å². The van der Waals surface area contributed by atoms with E-state index in [2.05, 4.69) is 103 Å². The van der Waals surface area contributed by atoms with E-state index in [9.17, 15) is 4.79 Å². The Bertz CT molecular complexity index is 1270. The van der Waals surface area contributed by atoms with E-state index in [4.69, 9.17) is 5.73 Å². The van der Waals surface area contributed by atoms with E-state index in [1.54, 1.807) is 11.3 Å². The standard InChI is InChI=1S/C27H37N3OS.C9H18.C3H9N.C3H8.2C2H6/c1-17-12-18(2)14-22(13-17)25(20(4)23(31)16-30-10-8-9-11-30)29-26-19(3)15-24(32-26)27(6,7)21(5)28;1-3-4-9-6-5-8(2)7-9;1-4(2)3;1-3-2;2*1-2/h12-15,29H,5,8-11,16,28H2,1-4,6-7H3;8-9H,3-7H2,1-2H3;1-3H3;3H2,1-2H3;2*1-2H3/b25-20+;;;;;. The molecule has 1 aromatic carbocycles. The molecule has 2 atom stereocenters. The second-order valence-electron chi connectivity index (χ2n) is 15.3. The third-order valence-electron chi connectivity index (χ3n) is 8.94. The van der Waals surface area contributed by atoms with Gasteiger partial charge in [0.1, 0.15) is 0 Å². The number of carbonyl (C=O) groups is 1. The van der Waals surface area contributed by atoms with Gasteiger partial charge in [0.15, 0.2) is 5.78 Å². The molecule has 0 bridgehead atoms. The smallest absolute Gasteiger partial charge is 0.174 e. The number of ketones is 1. The molecule has 2 heterocycles. The molecule has 4 rings (SSSR count). The maximum atomic E-state index is 13.2. The highest BCUT2D eigenvalue weighted by atomic mass is 32.1. The number of anilines is 1. The summed E-state index contributed by atoms with van der Waals surface area (Å²) in [5, 5.41) is 4.68. The lowest BCUT2D eigenvalue weighted by Gasteiger charge is -2.23. The van der Waals surface area contributed by atoms with Gasteiger partial charge < -0.3 is 16.0 Å². The molecule has 0 spiro atoms. The first-order valence-corrected chi connectivity index (χ1v) is 21.3. The number of nitrogens with two attached hydrogens (primary N) is 1. The lowest BCUT2D eigenvalue weighted by molar-refractivity contribution is -0.116. The van der Waals surface area contributed by atoms with Crippen molar-refractivity contribution < 1.29 is 4.79 Å². The van der Waals surface area contributed by atoms with E-state index >= 15 is 0 Å². The number of carbonyl (C=O) groups excluding carboxylic acids is 1. The topological polar surface area (TPSA) is 61.6 Å². The third kappa shape index (κ3) is 19.6. The Hall–Kier alpha value is -2.41. The second kappa shape index (κ2) is 28.1. The molecule has 3 N–H and O–H groups in total. The van der Waals surface area contributed by atoms with Gasteiger partial charge in [-0.2, -0.15) is 0 Å². The molecule has 5 nitrogen and oxygen atoms in total. The molecule has 2 unspecified atom stereocenters. The predicted molar refractivity (Wildman–Crippen MR) is 238 cm³/mol. The van der Waals surface area contributed by atoms with Crippen molar-refractivity contribution in [3.63, 3.8) is 0 Å². The normalized spacial score (nSPS) is 17.0. The molecule has 2 aromatic rings. The molecule has 300 valence electrons. The molecule has 1 saturated carbocycles. The van der Waals surface area contributed by atoms with Crippen molar-refractivity contribution in [3.8, 4) is 0 Å². The van der Waals surface area contributed by atoms with Gasteiger partial charge in [0.2, 0.25) is 0 Å². The molecule has 52 heavy (non-hydrogen) atoms. The highest BCUT2D eigenvalue weighted by molar-refractivity contribution is 7.16. The fraction of sp³-hybridized carbons (Fsp3) is 0.674. The van der Waals surface area contributed by atoms with E-state index in [0.29, 0.717) is 12.2 Å². The summed E-state index contributed by atoms with van der Waals surface area (Å²) in [6, 6.07) is 8.63. The van der Waals surface area contributed by atoms with Gasteiger partial charge in [0.25, 0.3) is 0 Å². The largest absolute Gasteiger partial charge is 0.402 e. The van der Waals surface area contributed by atoms with E-state index in [1.165, 1.54) is 62.5 Å². The number of likely N-dealkylation sites (tertiary alicyclic amines) is 1. The molecule has 1 aromatic heterocycles. The monoisotopic (exact) mass is 741 g/mol. The van der Waals surface area contributed by atoms with Crippen LogP contribution in [0.1, 0.15) is 155 Å². The van der Waals surface area contributed by atoms with Gasteiger partial charge in [0, 0.05) is 21.6 Å². The lowest BCUT2D eigenvalue weighted by atomic mass is 9.88. The van der Waals surface area contributed by atoms with Crippen molar-refractivity contribution in [2.45, 2.75) is 154 Å². The first kappa shape index (κ1) is 51.7. The van der Waals surface area contributed by atoms with Crippen molar-refractivity contribution in [3.05, 3.63) is 69.2 Å². The van der Waals surface area contributed by atoms with Gasteiger partial charge >= 0.3 is 0 Å². The third-order valence-corrected chi connectivity index (χ3v) is 10.4. The summed E-state index contributed by atoms with van der Waals surface area (Å²) in [7, 11) is 6.00. The number of hydrogen-bond donors (Lipinski definition) is 2. The molecule has 2 fully saturated rings. The minimum atomic E-state index is -0.306. The lowest BCUT2D eigenvalue weighted by Crippen LogP contribution is -2.28. The van der Waals surface area contributed by atoms with Crippen molar-refractivity contribution in [1.82, 2.24) is 9.80 Å². The highest BCUT2D eigenvalue weighted by Gasteiger charge is 2.27. The van der Waals surface area contributed by atoms with Gasteiger partial charge in [0.05, 0.1) is 17.2 Å².